The average molecular weight is 466 g/mol. The van der Waals surface area contributed by atoms with Crippen molar-refractivity contribution < 1.29 is 33.6 Å². The Labute approximate surface area is 198 Å². The zero-order valence-electron chi connectivity index (χ0n) is 19.7. The quantitative estimate of drug-likeness (QED) is 0.352. The summed E-state index contributed by atoms with van der Waals surface area (Å²) >= 11 is 0. The second-order valence-corrected chi connectivity index (χ2v) is 7.09. The number of ether oxygens (including phenoxy) is 5. The van der Waals surface area contributed by atoms with Crippen molar-refractivity contribution >= 4 is 23.2 Å². The molecule has 0 fully saturated rings. The van der Waals surface area contributed by atoms with Crippen molar-refractivity contribution in [1.82, 2.24) is 0 Å². The molecule has 0 saturated carbocycles. The lowest BCUT2D eigenvalue weighted by molar-refractivity contribution is -0.111. The van der Waals surface area contributed by atoms with Gasteiger partial charge in [0, 0.05) is 11.3 Å². The maximum absolute atomic E-state index is 13.4. The van der Waals surface area contributed by atoms with Crippen LogP contribution in [0.2, 0.25) is 0 Å². The standard InChI is InChI=1S/C26H27NO7/c1-30-19-9-7-18(8-10-19)27-26(29)20(12-16-6-11-22(31-2)21(28)13-16)17-14-23(32-3)25(34-5)24(15-17)33-4/h6-15,28H,1-5H3,(H,27,29)/b20-12+. The summed E-state index contributed by atoms with van der Waals surface area (Å²) in [4.78, 5) is 13.4. The van der Waals surface area contributed by atoms with Crippen molar-refractivity contribution in [3.63, 3.8) is 0 Å². The van der Waals surface area contributed by atoms with Crippen LogP contribution in [0.1, 0.15) is 11.1 Å². The number of carbonyl (C=O) groups excluding carboxylic acids is 1. The van der Waals surface area contributed by atoms with E-state index in [0.717, 1.165) is 0 Å². The summed E-state index contributed by atoms with van der Waals surface area (Å²) in [5.41, 5.74) is 2.00. The fraction of sp³-hybridized carbons (Fsp3) is 0.192. The maximum atomic E-state index is 13.4. The van der Waals surface area contributed by atoms with E-state index in [0.29, 0.717) is 51.1 Å². The minimum absolute atomic E-state index is 0.0453. The number of nitrogens with one attached hydrogen (secondary N) is 1. The van der Waals surface area contributed by atoms with Crippen LogP contribution in [-0.4, -0.2) is 46.6 Å². The lowest BCUT2D eigenvalue weighted by atomic mass is 10.00. The van der Waals surface area contributed by atoms with Gasteiger partial charge in [-0.3, -0.25) is 4.79 Å². The van der Waals surface area contributed by atoms with Gasteiger partial charge in [0.1, 0.15) is 5.75 Å². The first-order chi connectivity index (χ1) is 16.4. The monoisotopic (exact) mass is 465 g/mol. The highest BCUT2D eigenvalue weighted by molar-refractivity contribution is 6.29. The number of hydrogen-bond donors (Lipinski definition) is 2. The first kappa shape index (κ1) is 24.3. The Bertz CT molecular complexity index is 1160. The number of anilines is 1. The molecule has 1 amide bonds. The van der Waals surface area contributed by atoms with Gasteiger partial charge in [-0.25, -0.2) is 0 Å². The van der Waals surface area contributed by atoms with Gasteiger partial charge in [0.25, 0.3) is 5.91 Å². The van der Waals surface area contributed by atoms with Crippen LogP contribution in [0.3, 0.4) is 0 Å². The molecule has 0 spiro atoms. The number of rotatable bonds is 9. The SMILES string of the molecule is COc1ccc(NC(=O)/C(=C/c2ccc(OC)c(O)c2)c2cc(OC)c(OC)c(OC)c2)cc1. The van der Waals surface area contributed by atoms with Gasteiger partial charge < -0.3 is 34.1 Å². The Hall–Kier alpha value is -4.33. The fourth-order valence-corrected chi connectivity index (χ4v) is 3.35. The Morgan fingerprint density at radius 2 is 1.38 bits per heavy atom. The second-order valence-electron chi connectivity index (χ2n) is 7.09. The Morgan fingerprint density at radius 3 is 1.88 bits per heavy atom. The molecule has 0 aliphatic rings. The summed E-state index contributed by atoms with van der Waals surface area (Å²) < 4.78 is 26.6. The van der Waals surface area contributed by atoms with Crippen molar-refractivity contribution in [2.24, 2.45) is 0 Å². The highest BCUT2D eigenvalue weighted by Gasteiger charge is 2.20. The molecule has 0 atom stereocenters. The van der Waals surface area contributed by atoms with E-state index >= 15 is 0 Å². The molecule has 2 N–H and O–H groups in total. The van der Waals surface area contributed by atoms with Crippen LogP contribution in [0.25, 0.3) is 11.6 Å². The molecular formula is C26H27NO7. The van der Waals surface area contributed by atoms with E-state index in [-0.39, 0.29) is 11.7 Å². The largest absolute Gasteiger partial charge is 0.504 e. The van der Waals surface area contributed by atoms with Crippen molar-refractivity contribution in [1.29, 1.82) is 0 Å². The summed E-state index contributed by atoms with van der Waals surface area (Å²) in [6, 6.07) is 15.2. The van der Waals surface area contributed by atoms with Crippen molar-refractivity contribution in [3.05, 3.63) is 65.7 Å². The third-order valence-electron chi connectivity index (χ3n) is 5.08. The Balaban J connectivity index is 2.11. The summed E-state index contributed by atoms with van der Waals surface area (Å²) in [6.45, 7) is 0. The molecule has 3 aromatic carbocycles. The number of aromatic hydroxyl groups is 1. The molecule has 0 radical (unpaired) electrons. The molecule has 0 heterocycles. The third-order valence-corrected chi connectivity index (χ3v) is 5.08. The molecule has 0 aliphatic carbocycles. The van der Waals surface area contributed by atoms with E-state index in [2.05, 4.69) is 5.32 Å². The van der Waals surface area contributed by atoms with Gasteiger partial charge in [0.15, 0.2) is 23.0 Å². The predicted molar refractivity (Wildman–Crippen MR) is 130 cm³/mol. The summed E-state index contributed by atoms with van der Waals surface area (Å²) in [5, 5.41) is 13.1. The molecule has 0 bridgehead atoms. The highest BCUT2D eigenvalue weighted by atomic mass is 16.5. The molecule has 0 saturated heterocycles. The van der Waals surface area contributed by atoms with Crippen molar-refractivity contribution in [2.75, 3.05) is 40.9 Å². The van der Waals surface area contributed by atoms with Gasteiger partial charge in [-0.05, 0) is 65.7 Å². The average Bonchev–Trinajstić information content (AvgIpc) is 2.86. The topological polar surface area (TPSA) is 95.5 Å². The van der Waals surface area contributed by atoms with Crippen molar-refractivity contribution in [2.45, 2.75) is 0 Å². The fourth-order valence-electron chi connectivity index (χ4n) is 3.35. The van der Waals surface area contributed by atoms with Gasteiger partial charge in [-0.15, -0.1) is 0 Å². The molecule has 3 rings (SSSR count). The Morgan fingerprint density at radius 1 is 0.765 bits per heavy atom. The number of amides is 1. The molecule has 178 valence electrons. The maximum Gasteiger partial charge on any atom is 0.256 e. The molecule has 8 nitrogen and oxygen atoms in total. The van der Waals surface area contributed by atoms with E-state index in [1.54, 1.807) is 61.7 Å². The second kappa shape index (κ2) is 11.0. The zero-order valence-corrected chi connectivity index (χ0v) is 19.7. The lowest BCUT2D eigenvalue weighted by Crippen LogP contribution is -2.14. The summed E-state index contributed by atoms with van der Waals surface area (Å²) in [6.07, 6.45) is 1.65. The number of phenolic OH excluding ortho intramolecular Hbond substituents is 1. The van der Waals surface area contributed by atoms with Crippen LogP contribution in [0.5, 0.6) is 34.5 Å². The van der Waals surface area contributed by atoms with E-state index in [1.165, 1.54) is 34.5 Å². The van der Waals surface area contributed by atoms with Crippen molar-refractivity contribution in [3.8, 4) is 34.5 Å². The van der Waals surface area contributed by atoms with Crippen LogP contribution in [0.15, 0.2) is 54.6 Å². The van der Waals surface area contributed by atoms with Gasteiger partial charge >= 0.3 is 0 Å². The first-order valence-electron chi connectivity index (χ1n) is 10.3. The Kier molecular flexibility index (Phi) is 7.87. The number of methoxy groups -OCH3 is 5. The molecule has 3 aromatic rings. The predicted octanol–water partition coefficient (Wildman–Crippen LogP) is 4.61. The van der Waals surface area contributed by atoms with Gasteiger partial charge in [-0.1, -0.05) is 6.07 Å². The molecular weight excluding hydrogens is 438 g/mol. The van der Waals surface area contributed by atoms with Crippen LogP contribution < -0.4 is 29.0 Å². The normalized spacial score (nSPS) is 10.9. The minimum Gasteiger partial charge on any atom is -0.504 e. The first-order valence-corrected chi connectivity index (χ1v) is 10.3. The molecule has 8 heteroatoms. The van der Waals surface area contributed by atoms with Crippen LogP contribution in [0.4, 0.5) is 5.69 Å². The van der Waals surface area contributed by atoms with E-state index < -0.39 is 0 Å². The van der Waals surface area contributed by atoms with Crippen LogP contribution in [0, 0.1) is 0 Å². The van der Waals surface area contributed by atoms with Crippen LogP contribution in [-0.2, 0) is 4.79 Å². The zero-order chi connectivity index (χ0) is 24.7. The number of phenols is 1. The molecule has 0 aromatic heterocycles. The smallest absolute Gasteiger partial charge is 0.256 e. The summed E-state index contributed by atoms with van der Waals surface area (Å²) in [7, 11) is 7.55. The highest BCUT2D eigenvalue weighted by Crippen LogP contribution is 2.40. The third kappa shape index (κ3) is 5.35. The van der Waals surface area contributed by atoms with E-state index in [1.807, 2.05) is 0 Å². The lowest BCUT2D eigenvalue weighted by Gasteiger charge is -2.16. The molecule has 0 aliphatic heterocycles. The number of hydrogen-bond acceptors (Lipinski definition) is 7. The van der Waals surface area contributed by atoms with E-state index in [9.17, 15) is 9.90 Å². The minimum atomic E-state index is -0.380. The number of carbonyl (C=O) groups is 1. The van der Waals surface area contributed by atoms with Gasteiger partial charge in [0.2, 0.25) is 5.75 Å². The number of benzene rings is 3. The van der Waals surface area contributed by atoms with Crippen LogP contribution >= 0.6 is 0 Å². The molecule has 0 unspecified atom stereocenters. The molecule has 34 heavy (non-hydrogen) atoms. The van der Waals surface area contributed by atoms with Gasteiger partial charge in [0.05, 0.1) is 35.5 Å². The van der Waals surface area contributed by atoms with E-state index in [4.69, 9.17) is 23.7 Å². The summed E-state index contributed by atoms with van der Waals surface area (Å²) in [5.74, 6) is 1.79. The van der Waals surface area contributed by atoms with Gasteiger partial charge in [-0.2, -0.15) is 0 Å².